The van der Waals surface area contributed by atoms with Gasteiger partial charge < -0.3 is 15.4 Å². The third-order valence-corrected chi connectivity index (χ3v) is 2.97. The molecule has 1 aliphatic rings. The summed E-state index contributed by atoms with van der Waals surface area (Å²) < 4.78 is 18.5. The van der Waals surface area contributed by atoms with Crippen LogP contribution in [0.4, 0.5) is 10.1 Å². The van der Waals surface area contributed by atoms with Crippen LogP contribution in [-0.4, -0.2) is 32.2 Å². The number of hydrogen-bond acceptors (Lipinski definition) is 3. The summed E-state index contributed by atoms with van der Waals surface area (Å²) in [6.07, 6.45) is 1.14. The van der Waals surface area contributed by atoms with Crippen molar-refractivity contribution >= 4 is 11.6 Å². The van der Waals surface area contributed by atoms with Crippen LogP contribution in [0.5, 0.6) is 0 Å². The van der Waals surface area contributed by atoms with E-state index in [9.17, 15) is 9.18 Å². The molecule has 1 aromatic carbocycles. The first-order valence-electron chi connectivity index (χ1n) is 6.09. The van der Waals surface area contributed by atoms with Crippen LogP contribution >= 0.6 is 0 Å². The maximum Gasteiger partial charge on any atom is 0.227 e. The SMILES string of the molecule is NCCOCCN1C(=O)CCc2ccc(F)cc21. The molecule has 0 aliphatic carbocycles. The number of rotatable bonds is 5. The number of carbonyl (C=O) groups excluding carboxylic acids is 1. The topological polar surface area (TPSA) is 55.6 Å². The Kier molecular flexibility index (Phi) is 4.28. The molecular formula is C13H17FN2O2. The van der Waals surface area contributed by atoms with Crippen LogP contribution in [-0.2, 0) is 16.0 Å². The molecule has 2 rings (SSSR count). The second-order valence-electron chi connectivity index (χ2n) is 4.22. The third kappa shape index (κ3) is 2.86. The van der Waals surface area contributed by atoms with Crippen LogP contribution in [0.15, 0.2) is 18.2 Å². The van der Waals surface area contributed by atoms with Gasteiger partial charge in [0.15, 0.2) is 0 Å². The molecule has 18 heavy (non-hydrogen) atoms. The number of carbonyl (C=O) groups is 1. The van der Waals surface area contributed by atoms with Crippen molar-refractivity contribution in [3.8, 4) is 0 Å². The maximum absolute atomic E-state index is 13.3. The van der Waals surface area contributed by atoms with Crippen molar-refractivity contribution < 1.29 is 13.9 Å². The molecule has 0 aromatic heterocycles. The molecule has 98 valence electrons. The summed E-state index contributed by atoms with van der Waals surface area (Å²) in [5.74, 6) is -0.305. The van der Waals surface area contributed by atoms with Crippen LogP contribution in [0, 0.1) is 5.82 Å². The summed E-state index contributed by atoms with van der Waals surface area (Å²) in [6.45, 7) is 1.78. The standard InChI is InChI=1S/C13H17FN2O2/c14-11-3-1-10-2-4-13(17)16(12(10)9-11)6-8-18-7-5-15/h1,3,9H,2,4-8,15H2. The number of hydrogen-bond donors (Lipinski definition) is 1. The van der Waals surface area contributed by atoms with Gasteiger partial charge in [-0.15, -0.1) is 0 Å². The first-order valence-corrected chi connectivity index (χ1v) is 6.09. The van der Waals surface area contributed by atoms with E-state index in [0.717, 1.165) is 5.56 Å². The molecule has 0 radical (unpaired) electrons. The minimum absolute atomic E-state index is 0.0180. The molecule has 0 fully saturated rings. The largest absolute Gasteiger partial charge is 0.378 e. The molecule has 0 unspecified atom stereocenters. The lowest BCUT2D eigenvalue weighted by atomic mass is 10.0. The molecule has 0 spiro atoms. The maximum atomic E-state index is 13.3. The molecule has 1 amide bonds. The lowest BCUT2D eigenvalue weighted by Crippen LogP contribution is -2.37. The molecule has 0 saturated heterocycles. The summed E-state index contributed by atoms with van der Waals surface area (Å²) >= 11 is 0. The van der Waals surface area contributed by atoms with Crippen molar-refractivity contribution in [1.82, 2.24) is 0 Å². The van der Waals surface area contributed by atoms with Gasteiger partial charge in [0.1, 0.15) is 5.82 Å². The van der Waals surface area contributed by atoms with Crippen molar-refractivity contribution in [3.63, 3.8) is 0 Å². The Hall–Kier alpha value is -1.46. The fourth-order valence-electron chi connectivity index (χ4n) is 2.10. The van der Waals surface area contributed by atoms with Crippen LogP contribution in [0.1, 0.15) is 12.0 Å². The molecule has 2 N–H and O–H groups in total. The van der Waals surface area contributed by atoms with Gasteiger partial charge in [-0.05, 0) is 24.1 Å². The van der Waals surface area contributed by atoms with Gasteiger partial charge in [0.2, 0.25) is 5.91 Å². The van der Waals surface area contributed by atoms with Crippen LogP contribution in [0.3, 0.4) is 0 Å². The van der Waals surface area contributed by atoms with Gasteiger partial charge in [0, 0.05) is 25.2 Å². The summed E-state index contributed by atoms with van der Waals surface area (Å²) in [6, 6.07) is 4.58. The van der Waals surface area contributed by atoms with E-state index in [0.29, 0.717) is 44.8 Å². The Labute approximate surface area is 106 Å². The minimum Gasteiger partial charge on any atom is -0.378 e. The molecule has 0 saturated carbocycles. The fraction of sp³-hybridized carbons (Fsp3) is 0.462. The lowest BCUT2D eigenvalue weighted by molar-refractivity contribution is -0.119. The van der Waals surface area contributed by atoms with E-state index >= 15 is 0 Å². The van der Waals surface area contributed by atoms with Crippen molar-refractivity contribution in [2.75, 3.05) is 31.2 Å². The second-order valence-corrected chi connectivity index (χ2v) is 4.22. The molecule has 0 bridgehead atoms. The van der Waals surface area contributed by atoms with Gasteiger partial charge in [-0.25, -0.2) is 4.39 Å². The number of fused-ring (bicyclic) bond motifs is 1. The van der Waals surface area contributed by atoms with Crippen LogP contribution in [0.2, 0.25) is 0 Å². The first-order chi connectivity index (χ1) is 8.72. The fourth-order valence-corrected chi connectivity index (χ4v) is 2.10. The van der Waals surface area contributed by atoms with E-state index in [1.54, 1.807) is 11.0 Å². The van der Waals surface area contributed by atoms with Gasteiger partial charge in [-0.2, -0.15) is 0 Å². The predicted molar refractivity (Wildman–Crippen MR) is 66.9 cm³/mol. The highest BCUT2D eigenvalue weighted by molar-refractivity contribution is 5.96. The molecule has 4 nitrogen and oxygen atoms in total. The Morgan fingerprint density at radius 2 is 2.17 bits per heavy atom. The quantitative estimate of drug-likeness (QED) is 0.798. The number of ether oxygens (including phenoxy) is 1. The molecular weight excluding hydrogens is 235 g/mol. The molecule has 1 aliphatic heterocycles. The number of anilines is 1. The lowest BCUT2D eigenvalue weighted by Gasteiger charge is -2.29. The van der Waals surface area contributed by atoms with Crippen molar-refractivity contribution in [2.24, 2.45) is 5.73 Å². The van der Waals surface area contributed by atoms with Crippen molar-refractivity contribution in [1.29, 1.82) is 0 Å². The van der Waals surface area contributed by atoms with Crippen LogP contribution in [0.25, 0.3) is 0 Å². The van der Waals surface area contributed by atoms with Crippen LogP contribution < -0.4 is 10.6 Å². The Balaban J connectivity index is 2.09. The van der Waals surface area contributed by atoms with Gasteiger partial charge >= 0.3 is 0 Å². The van der Waals surface area contributed by atoms with Gasteiger partial charge in [0.25, 0.3) is 0 Å². The van der Waals surface area contributed by atoms with E-state index < -0.39 is 0 Å². The highest BCUT2D eigenvalue weighted by Gasteiger charge is 2.24. The minimum atomic E-state index is -0.323. The Morgan fingerprint density at radius 3 is 2.94 bits per heavy atom. The number of amides is 1. The smallest absolute Gasteiger partial charge is 0.227 e. The summed E-state index contributed by atoms with van der Waals surface area (Å²) in [5, 5.41) is 0. The van der Waals surface area contributed by atoms with Crippen molar-refractivity contribution in [2.45, 2.75) is 12.8 Å². The zero-order chi connectivity index (χ0) is 13.0. The van der Waals surface area contributed by atoms with Gasteiger partial charge in [0.05, 0.1) is 13.2 Å². The predicted octanol–water partition coefficient (Wildman–Crippen LogP) is 1.08. The summed E-state index contributed by atoms with van der Waals surface area (Å²) in [4.78, 5) is 13.5. The van der Waals surface area contributed by atoms with E-state index in [4.69, 9.17) is 10.5 Å². The zero-order valence-electron chi connectivity index (χ0n) is 10.2. The highest BCUT2D eigenvalue weighted by Crippen LogP contribution is 2.28. The third-order valence-electron chi connectivity index (χ3n) is 2.97. The summed E-state index contributed by atoms with van der Waals surface area (Å²) in [5.41, 5.74) is 6.99. The van der Waals surface area contributed by atoms with E-state index in [-0.39, 0.29) is 11.7 Å². The number of nitrogens with zero attached hydrogens (tertiary/aromatic N) is 1. The summed E-state index contributed by atoms with van der Waals surface area (Å²) in [7, 11) is 0. The highest BCUT2D eigenvalue weighted by atomic mass is 19.1. The zero-order valence-corrected chi connectivity index (χ0v) is 10.2. The van der Waals surface area contributed by atoms with E-state index in [1.165, 1.54) is 12.1 Å². The van der Waals surface area contributed by atoms with Gasteiger partial charge in [-0.3, -0.25) is 4.79 Å². The monoisotopic (exact) mass is 252 g/mol. The Bertz CT molecular complexity index is 437. The number of halogens is 1. The molecule has 1 aromatic rings. The Morgan fingerprint density at radius 1 is 1.33 bits per heavy atom. The molecule has 0 atom stereocenters. The average Bonchev–Trinajstić information content (AvgIpc) is 2.36. The second kappa shape index (κ2) is 5.93. The van der Waals surface area contributed by atoms with E-state index in [1.807, 2.05) is 0 Å². The molecule has 5 heteroatoms. The van der Waals surface area contributed by atoms with Gasteiger partial charge in [-0.1, -0.05) is 6.07 Å². The number of aryl methyl sites for hydroxylation is 1. The van der Waals surface area contributed by atoms with Crippen molar-refractivity contribution in [3.05, 3.63) is 29.6 Å². The number of nitrogens with two attached hydrogens (primary N) is 1. The molecule has 1 heterocycles. The average molecular weight is 252 g/mol. The number of benzene rings is 1. The first kappa shape index (κ1) is 13.0. The van der Waals surface area contributed by atoms with E-state index in [2.05, 4.69) is 0 Å². The normalized spacial score (nSPS) is 14.8.